The van der Waals surface area contributed by atoms with Crippen molar-refractivity contribution in [2.24, 2.45) is 0 Å². The van der Waals surface area contributed by atoms with Crippen LogP contribution < -0.4 is 10.0 Å². The van der Waals surface area contributed by atoms with Crippen molar-refractivity contribution in [3.63, 3.8) is 0 Å². The molecule has 0 fully saturated rings. The summed E-state index contributed by atoms with van der Waals surface area (Å²) in [5.74, 6) is -0.0364. The van der Waals surface area contributed by atoms with Crippen LogP contribution >= 0.6 is 0 Å². The topological polar surface area (TPSA) is 75.3 Å². The van der Waals surface area contributed by atoms with Crippen molar-refractivity contribution in [1.29, 1.82) is 0 Å². The van der Waals surface area contributed by atoms with Crippen LogP contribution in [0.2, 0.25) is 0 Å². The number of fused-ring (bicyclic) bond motifs is 1. The maximum atomic E-state index is 12.4. The molecule has 0 unspecified atom stereocenters. The van der Waals surface area contributed by atoms with Gasteiger partial charge in [0.25, 0.3) is 0 Å². The Labute approximate surface area is 135 Å². The summed E-state index contributed by atoms with van der Waals surface area (Å²) < 4.78 is 27.5. The van der Waals surface area contributed by atoms with E-state index in [1.165, 1.54) is 6.07 Å². The third-order valence-corrected chi connectivity index (χ3v) is 5.23. The zero-order valence-electron chi connectivity index (χ0n) is 12.8. The molecule has 1 heterocycles. The summed E-state index contributed by atoms with van der Waals surface area (Å²) in [4.78, 5) is 11.6. The molecule has 0 bridgehead atoms. The molecule has 6 heteroatoms. The van der Waals surface area contributed by atoms with E-state index in [0.717, 1.165) is 16.7 Å². The fourth-order valence-electron chi connectivity index (χ4n) is 2.61. The molecular weight excluding hydrogens is 312 g/mol. The Bertz CT molecular complexity index is 860. The lowest BCUT2D eigenvalue weighted by Gasteiger charge is -2.17. The van der Waals surface area contributed by atoms with Crippen LogP contribution in [0.15, 0.2) is 47.4 Å². The van der Waals surface area contributed by atoms with E-state index >= 15 is 0 Å². The van der Waals surface area contributed by atoms with Gasteiger partial charge >= 0.3 is 0 Å². The van der Waals surface area contributed by atoms with Crippen LogP contribution in [0, 0.1) is 6.92 Å². The molecule has 0 saturated carbocycles. The number of hydrogen-bond acceptors (Lipinski definition) is 3. The molecule has 2 N–H and O–H groups in total. The summed E-state index contributed by atoms with van der Waals surface area (Å²) in [7, 11) is -3.58. The second-order valence-corrected chi connectivity index (χ2v) is 7.45. The van der Waals surface area contributed by atoms with Crippen LogP contribution in [0.25, 0.3) is 0 Å². The summed E-state index contributed by atoms with van der Waals surface area (Å²) in [6, 6.07) is 12.5. The molecule has 2 aromatic carbocycles. The number of amides is 1. The lowest BCUT2D eigenvalue weighted by Crippen LogP contribution is -2.24. The van der Waals surface area contributed by atoms with E-state index in [-0.39, 0.29) is 17.3 Å². The lowest BCUT2D eigenvalue weighted by molar-refractivity contribution is -0.116. The van der Waals surface area contributed by atoms with Gasteiger partial charge in [-0.15, -0.1) is 0 Å². The number of carbonyl (C=O) groups is 1. The number of aryl methyl sites for hydroxylation is 2. The van der Waals surface area contributed by atoms with E-state index in [1.807, 2.05) is 31.2 Å². The standard InChI is InChI=1S/C17H18N2O3S/c1-12-3-2-4-13(9-12)11-18-23(21,22)15-6-7-16-14(10-15)5-8-17(20)19-16/h2-4,6-7,9-10,18H,5,8,11H2,1H3,(H,19,20). The molecule has 0 saturated heterocycles. The number of anilines is 1. The molecule has 23 heavy (non-hydrogen) atoms. The summed E-state index contributed by atoms with van der Waals surface area (Å²) in [5, 5.41) is 2.75. The van der Waals surface area contributed by atoms with Crippen molar-refractivity contribution in [1.82, 2.24) is 4.72 Å². The van der Waals surface area contributed by atoms with Gasteiger partial charge in [-0.05, 0) is 42.7 Å². The van der Waals surface area contributed by atoms with Crippen molar-refractivity contribution in [2.45, 2.75) is 31.2 Å². The second-order valence-electron chi connectivity index (χ2n) is 5.68. The Balaban J connectivity index is 1.78. The first-order valence-electron chi connectivity index (χ1n) is 7.42. The molecule has 2 aromatic rings. The maximum Gasteiger partial charge on any atom is 0.240 e. The zero-order valence-corrected chi connectivity index (χ0v) is 13.6. The van der Waals surface area contributed by atoms with Crippen LogP contribution in [0.4, 0.5) is 5.69 Å². The molecule has 5 nitrogen and oxygen atoms in total. The minimum absolute atomic E-state index is 0.0364. The molecule has 0 radical (unpaired) electrons. The summed E-state index contributed by atoms with van der Waals surface area (Å²) >= 11 is 0. The first-order chi connectivity index (χ1) is 10.9. The van der Waals surface area contributed by atoms with Crippen molar-refractivity contribution in [2.75, 3.05) is 5.32 Å². The SMILES string of the molecule is Cc1cccc(CNS(=O)(=O)c2ccc3c(c2)CCC(=O)N3)c1. The van der Waals surface area contributed by atoms with Crippen LogP contribution in [0.5, 0.6) is 0 Å². The Kier molecular flexibility index (Phi) is 4.19. The van der Waals surface area contributed by atoms with E-state index in [9.17, 15) is 13.2 Å². The van der Waals surface area contributed by atoms with Crippen molar-refractivity contribution < 1.29 is 13.2 Å². The van der Waals surface area contributed by atoms with Gasteiger partial charge in [-0.3, -0.25) is 4.79 Å². The fourth-order valence-corrected chi connectivity index (χ4v) is 3.68. The van der Waals surface area contributed by atoms with Crippen molar-refractivity contribution in [3.05, 3.63) is 59.2 Å². The molecule has 1 amide bonds. The van der Waals surface area contributed by atoms with Gasteiger partial charge in [0, 0.05) is 18.7 Å². The molecule has 1 aliphatic heterocycles. The van der Waals surface area contributed by atoms with E-state index < -0.39 is 10.0 Å². The van der Waals surface area contributed by atoms with Gasteiger partial charge in [-0.2, -0.15) is 0 Å². The maximum absolute atomic E-state index is 12.4. The normalized spacial score (nSPS) is 14.2. The van der Waals surface area contributed by atoms with E-state index in [4.69, 9.17) is 0 Å². The minimum atomic E-state index is -3.58. The van der Waals surface area contributed by atoms with Gasteiger partial charge in [-0.1, -0.05) is 29.8 Å². The van der Waals surface area contributed by atoms with Gasteiger partial charge in [0.2, 0.25) is 15.9 Å². The minimum Gasteiger partial charge on any atom is -0.326 e. The number of hydrogen-bond donors (Lipinski definition) is 2. The fraction of sp³-hybridized carbons (Fsp3) is 0.235. The zero-order chi connectivity index (χ0) is 16.4. The Morgan fingerprint density at radius 2 is 1.96 bits per heavy atom. The molecule has 0 aromatic heterocycles. The van der Waals surface area contributed by atoms with Crippen molar-refractivity contribution in [3.8, 4) is 0 Å². The van der Waals surface area contributed by atoms with Gasteiger partial charge < -0.3 is 5.32 Å². The average molecular weight is 330 g/mol. The van der Waals surface area contributed by atoms with E-state index in [1.54, 1.807) is 12.1 Å². The highest BCUT2D eigenvalue weighted by molar-refractivity contribution is 7.89. The van der Waals surface area contributed by atoms with Crippen LogP contribution in [-0.4, -0.2) is 14.3 Å². The van der Waals surface area contributed by atoms with Gasteiger partial charge in [0.1, 0.15) is 0 Å². The predicted molar refractivity (Wildman–Crippen MR) is 88.6 cm³/mol. The quantitative estimate of drug-likeness (QED) is 0.903. The first-order valence-corrected chi connectivity index (χ1v) is 8.90. The molecule has 1 aliphatic rings. The van der Waals surface area contributed by atoms with E-state index in [2.05, 4.69) is 10.0 Å². The molecule has 0 aliphatic carbocycles. The Hall–Kier alpha value is -2.18. The molecule has 3 rings (SSSR count). The van der Waals surface area contributed by atoms with Gasteiger partial charge in [-0.25, -0.2) is 13.1 Å². The summed E-state index contributed by atoms with van der Waals surface area (Å²) in [5.41, 5.74) is 3.55. The summed E-state index contributed by atoms with van der Waals surface area (Å²) in [6.45, 7) is 2.22. The van der Waals surface area contributed by atoms with E-state index in [0.29, 0.717) is 18.5 Å². The molecule has 0 spiro atoms. The van der Waals surface area contributed by atoms with Crippen LogP contribution in [0.3, 0.4) is 0 Å². The molecular formula is C17H18N2O3S. The second kappa shape index (κ2) is 6.14. The van der Waals surface area contributed by atoms with Gasteiger partial charge in [0.15, 0.2) is 0 Å². The molecule has 120 valence electrons. The van der Waals surface area contributed by atoms with Crippen molar-refractivity contribution >= 4 is 21.6 Å². The number of carbonyl (C=O) groups excluding carboxylic acids is 1. The number of benzene rings is 2. The Morgan fingerprint density at radius 1 is 1.13 bits per heavy atom. The number of rotatable bonds is 4. The first kappa shape index (κ1) is 15.7. The average Bonchev–Trinajstić information content (AvgIpc) is 2.52. The largest absolute Gasteiger partial charge is 0.326 e. The number of sulfonamides is 1. The lowest BCUT2D eigenvalue weighted by atomic mass is 10.0. The monoisotopic (exact) mass is 330 g/mol. The third kappa shape index (κ3) is 3.60. The Morgan fingerprint density at radius 3 is 2.74 bits per heavy atom. The summed E-state index contributed by atoms with van der Waals surface area (Å²) in [6.07, 6.45) is 0.940. The van der Waals surface area contributed by atoms with Gasteiger partial charge in [0.05, 0.1) is 4.90 Å². The third-order valence-electron chi connectivity index (χ3n) is 3.83. The smallest absolute Gasteiger partial charge is 0.240 e. The van der Waals surface area contributed by atoms with Crippen LogP contribution in [-0.2, 0) is 27.8 Å². The van der Waals surface area contributed by atoms with Crippen LogP contribution in [0.1, 0.15) is 23.1 Å². The number of nitrogens with one attached hydrogen (secondary N) is 2. The highest BCUT2D eigenvalue weighted by Gasteiger charge is 2.19. The predicted octanol–water partition coefficient (Wildman–Crippen LogP) is 2.36. The highest BCUT2D eigenvalue weighted by atomic mass is 32.2. The highest BCUT2D eigenvalue weighted by Crippen LogP contribution is 2.25. The molecule has 0 atom stereocenters.